The van der Waals surface area contributed by atoms with Crippen LogP contribution >= 0.6 is 11.6 Å². The first-order chi connectivity index (χ1) is 9.55. The summed E-state index contributed by atoms with van der Waals surface area (Å²) in [6.07, 6.45) is -0.183. The van der Waals surface area contributed by atoms with E-state index in [2.05, 4.69) is 0 Å². The van der Waals surface area contributed by atoms with Crippen molar-refractivity contribution in [3.05, 3.63) is 34.3 Å². The quantitative estimate of drug-likeness (QED) is 0.851. The molecule has 0 radical (unpaired) electrons. The van der Waals surface area contributed by atoms with E-state index in [-0.39, 0.29) is 5.97 Å². The van der Waals surface area contributed by atoms with Gasteiger partial charge in [-0.25, -0.2) is 0 Å². The third-order valence-corrected chi connectivity index (χ3v) is 3.76. The van der Waals surface area contributed by atoms with Crippen molar-refractivity contribution in [2.24, 2.45) is 0 Å². The first-order valence-corrected chi connectivity index (χ1v) is 6.61. The van der Waals surface area contributed by atoms with Crippen LogP contribution in [0.2, 0.25) is 5.02 Å². The Morgan fingerprint density at radius 1 is 1.65 bits per heavy atom. The second-order valence-corrected chi connectivity index (χ2v) is 5.18. The van der Waals surface area contributed by atoms with E-state index in [9.17, 15) is 9.90 Å². The van der Waals surface area contributed by atoms with Gasteiger partial charge in [-0.2, -0.15) is 5.26 Å². The van der Waals surface area contributed by atoms with Crippen LogP contribution in [0.25, 0.3) is 0 Å². The van der Waals surface area contributed by atoms with E-state index in [4.69, 9.17) is 21.6 Å². The molecule has 1 aliphatic heterocycles. The Labute approximate surface area is 122 Å². The Morgan fingerprint density at radius 2 is 2.40 bits per heavy atom. The van der Waals surface area contributed by atoms with E-state index >= 15 is 0 Å². The molecule has 106 valence electrons. The average molecular weight is 295 g/mol. The predicted molar refractivity (Wildman–Crippen MR) is 73.0 cm³/mol. The molecule has 0 bridgehead atoms. The van der Waals surface area contributed by atoms with Gasteiger partial charge in [0.1, 0.15) is 6.04 Å². The minimum absolute atomic E-state index is 0.355. The van der Waals surface area contributed by atoms with Gasteiger partial charge in [0.05, 0.1) is 24.8 Å². The van der Waals surface area contributed by atoms with Crippen molar-refractivity contribution in [1.29, 1.82) is 5.26 Å². The number of ether oxygens (including phenoxy) is 1. The van der Waals surface area contributed by atoms with Gasteiger partial charge in [0.15, 0.2) is 0 Å². The van der Waals surface area contributed by atoms with Crippen LogP contribution in [0, 0.1) is 11.3 Å². The summed E-state index contributed by atoms with van der Waals surface area (Å²) in [5, 5.41) is 19.0. The highest BCUT2D eigenvalue weighted by Gasteiger charge is 2.36. The number of aliphatic hydroxyl groups excluding tert-OH is 1. The zero-order valence-corrected chi connectivity index (χ0v) is 11.8. The smallest absolute Gasteiger partial charge is 0.323 e. The van der Waals surface area contributed by atoms with E-state index in [0.717, 1.165) is 5.56 Å². The lowest BCUT2D eigenvalue weighted by Crippen LogP contribution is -2.36. The Hall–Kier alpha value is -1.61. The summed E-state index contributed by atoms with van der Waals surface area (Å²) in [7, 11) is 1.33. The molecule has 2 unspecified atom stereocenters. The van der Waals surface area contributed by atoms with Crippen LogP contribution < -0.4 is 0 Å². The number of hydrogen-bond donors (Lipinski definition) is 1. The first kappa shape index (κ1) is 14.8. The molecule has 1 N–H and O–H groups in total. The molecule has 0 amide bonds. The number of methoxy groups -OCH3 is 1. The lowest BCUT2D eigenvalue weighted by atomic mass is 10.1. The van der Waals surface area contributed by atoms with Crippen molar-refractivity contribution in [2.75, 3.05) is 13.7 Å². The maximum absolute atomic E-state index is 11.7. The first-order valence-electron chi connectivity index (χ1n) is 6.23. The summed E-state index contributed by atoms with van der Waals surface area (Å²) >= 11 is 6.13. The van der Waals surface area contributed by atoms with Gasteiger partial charge in [-0.1, -0.05) is 17.7 Å². The van der Waals surface area contributed by atoms with Crippen molar-refractivity contribution in [3.8, 4) is 6.07 Å². The lowest BCUT2D eigenvalue weighted by molar-refractivity contribution is -0.146. The maximum atomic E-state index is 11.7. The van der Waals surface area contributed by atoms with Crippen LogP contribution in [0.3, 0.4) is 0 Å². The molecule has 1 aromatic rings. The molecule has 1 heterocycles. The number of nitrogens with zero attached hydrogens (tertiary/aromatic N) is 2. The minimum atomic E-state index is -0.545. The second-order valence-electron chi connectivity index (χ2n) is 4.78. The third-order valence-electron chi connectivity index (χ3n) is 3.41. The number of halogens is 1. The molecule has 6 heteroatoms. The molecule has 0 aromatic heterocycles. The van der Waals surface area contributed by atoms with Crippen LogP contribution in [-0.4, -0.2) is 41.8 Å². The summed E-state index contributed by atoms with van der Waals surface area (Å²) in [4.78, 5) is 13.5. The number of aliphatic hydroxyl groups is 1. The van der Waals surface area contributed by atoms with Crippen molar-refractivity contribution < 1.29 is 14.6 Å². The molecule has 2 rings (SSSR count). The molecule has 1 aromatic carbocycles. The number of rotatable bonds is 3. The number of hydrogen-bond acceptors (Lipinski definition) is 5. The summed E-state index contributed by atoms with van der Waals surface area (Å²) in [6.45, 7) is 0.831. The number of esters is 1. The standard InChI is InChI=1S/C14H15ClN2O3/c1-20-14(19)13-5-11(18)8-17(13)7-10-3-2-9(6-16)4-12(10)15/h2-4,11,13,18H,5,7-8H2,1H3. The maximum Gasteiger partial charge on any atom is 0.323 e. The van der Waals surface area contributed by atoms with Gasteiger partial charge in [-0.05, 0) is 17.7 Å². The summed E-state index contributed by atoms with van der Waals surface area (Å²) in [5.41, 5.74) is 1.30. The van der Waals surface area contributed by atoms with Crippen molar-refractivity contribution in [3.63, 3.8) is 0 Å². The van der Waals surface area contributed by atoms with Gasteiger partial charge >= 0.3 is 5.97 Å². The van der Waals surface area contributed by atoms with Crippen LogP contribution in [-0.2, 0) is 16.1 Å². The molecule has 1 fully saturated rings. The molecular weight excluding hydrogens is 280 g/mol. The molecule has 0 saturated carbocycles. The van der Waals surface area contributed by atoms with Gasteiger partial charge in [0.25, 0.3) is 0 Å². The Balaban J connectivity index is 2.16. The number of benzene rings is 1. The van der Waals surface area contributed by atoms with E-state index in [1.54, 1.807) is 18.2 Å². The Bertz CT molecular complexity index is 556. The fourth-order valence-corrected chi connectivity index (χ4v) is 2.64. The van der Waals surface area contributed by atoms with Gasteiger partial charge in [0, 0.05) is 24.5 Å². The van der Waals surface area contributed by atoms with E-state index < -0.39 is 12.1 Å². The number of likely N-dealkylation sites (tertiary alicyclic amines) is 1. The Morgan fingerprint density at radius 3 is 3.00 bits per heavy atom. The summed E-state index contributed by atoms with van der Waals surface area (Å²) in [5.74, 6) is -0.355. The summed E-state index contributed by atoms with van der Waals surface area (Å²) < 4.78 is 4.75. The van der Waals surface area contributed by atoms with E-state index in [1.807, 2.05) is 11.0 Å². The van der Waals surface area contributed by atoms with Crippen LogP contribution in [0.5, 0.6) is 0 Å². The predicted octanol–water partition coefficient (Wildman–Crippen LogP) is 1.32. The fraction of sp³-hybridized carbons (Fsp3) is 0.429. The van der Waals surface area contributed by atoms with Gasteiger partial charge in [-0.15, -0.1) is 0 Å². The highest BCUT2D eigenvalue weighted by molar-refractivity contribution is 6.31. The van der Waals surface area contributed by atoms with E-state index in [0.29, 0.717) is 30.1 Å². The van der Waals surface area contributed by atoms with Gasteiger partial charge in [0.2, 0.25) is 0 Å². The van der Waals surface area contributed by atoms with Gasteiger partial charge in [-0.3, -0.25) is 9.69 Å². The number of β-amino-alcohol motifs (C(OH)–C–C–N with tert-alkyl or cyclic N) is 1. The highest BCUT2D eigenvalue weighted by Crippen LogP contribution is 2.25. The highest BCUT2D eigenvalue weighted by atomic mass is 35.5. The normalized spacial score (nSPS) is 22.5. The zero-order chi connectivity index (χ0) is 14.7. The number of carbonyl (C=O) groups excluding carboxylic acids is 1. The molecule has 2 atom stereocenters. The third kappa shape index (κ3) is 3.10. The second kappa shape index (κ2) is 6.23. The molecule has 1 aliphatic rings. The van der Waals surface area contributed by atoms with E-state index in [1.165, 1.54) is 7.11 Å². The van der Waals surface area contributed by atoms with Crippen molar-refractivity contribution in [2.45, 2.75) is 25.1 Å². The van der Waals surface area contributed by atoms with Crippen molar-refractivity contribution >= 4 is 17.6 Å². The van der Waals surface area contributed by atoms with Crippen LogP contribution in [0.4, 0.5) is 0 Å². The molecular formula is C14H15ClN2O3. The number of carbonyl (C=O) groups is 1. The van der Waals surface area contributed by atoms with Gasteiger partial charge < -0.3 is 9.84 Å². The number of nitriles is 1. The van der Waals surface area contributed by atoms with Crippen LogP contribution in [0.15, 0.2) is 18.2 Å². The fourth-order valence-electron chi connectivity index (χ4n) is 2.40. The largest absolute Gasteiger partial charge is 0.468 e. The SMILES string of the molecule is COC(=O)C1CC(O)CN1Cc1ccc(C#N)cc1Cl. The molecule has 5 nitrogen and oxygen atoms in total. The minimum Gasteiger partial charge on any atom is -0.468 e. The van der Waals surface area contributed by atoms with Crippen LogP contribution in [0.1, 0.15) is 17.5 Å². The topological polar surface area (TPSA) is 73.6 Å². The Kier molecular flexibility index (Phi) is 4.61. The molecule has 0 spiro atoms. The summed E-state index contributed by atoms with van der Waals surface area (Å²) in [6, 6.07) is 6.60. The molecule has 0 aliphatic carbocycles. The molecule has 1 saturated heterocycles. The van der Waals surface area contributed by atoms with Crippen molar-refractivity contribution in [1.82, 2.24) is 4.90 Å². The molecule has 20 heavy (non-hydrogen) atoms. The monoisotopic (exact) mass is 294 g/mol. The lowest BCUT2D eigenvalue weighted by Gasteiger charge is -2.22. The zero-order valence-electron chi connectivity index (χ0n) is 11.0. The average Bonchev–Trinajstić information content (AvgIpc) is 2.81.